The fraction of sp³-hybridized carbons (Fsp3) is 0. The van der Waals surface area contributed by atoms with Crippen LogP contribution in [0.5, 0.6) is 0 Å². The van der Waals surface area contributed by atoms with Crippen LogP contribution in [-0.4, -0.2) is 4.98 Å². The number of nitrogens with two attached hydrogens (primary N) is 1. The van der Waals surface area contributed by atoms with Gasteiger partial charge in [-0.25, -0.2) is 13.8 Å². The minimum absolute atomic E-state index is 0.557. The van der Waals surface area contributed by atoms with Gasteiger partial charge in [-0.15, -0.1) is 11.3 Å². The Kier molecular flexibility index (Phi) is 3.20. The van der Waals surface area contributed by atoms with E-state index in [1.165, 1.54) is 17.4 Å². The van der Waals surface area contributed by atoms with E-state index in [4.69, 9.17) is 5.73 Å². The molecular formula is C15H10F2N2S. The molecule has 1 aromatic heterocycles. The monoisotopic (exact) mass is 288 g/mol. The van der Waals surface area contributed by atoms with Crippen LogP contribution in [-0.2, 0) is 0 Å². The summed E-state index contributed by atoms with van der Waals surface area (Å²) in [6.45, 7) is 0. The third-order valence-electron chi connectivity index (χ3n) is 2.88. The standard InChI is InChI=1S/C15H10F2N2S/c16-12-6-3-10(7-13(12)17)14-8-20-15(19-14)9-1-4-11(18)5-2-9/h1-8H,18H2. The third kappa shape index (κ3) is 2.40. The van der Waals surface area contributed by atoms with Gasteiger partial charge < -0.3 is 5.73 Å². The van der Waals surface area contributed by atoms with E-state index in [-0.39, 0.29) is 0 Å². The summed E-state index contributed by atoms with van der Waals surface area (Å²) in [6, 6.07) is 11.1. The Bertz CT molecular complexity index is 751. The van der Waals surface area contributed by atoms with Gasteiger partial charge in [-0.05, 0) is 42.5 Å². The van der Waals surface area contributed by atoms with Crippen LogP contribution in [0.1, 0.15) is 0 Å². The van der Waals surface area contributed by atoms with Crippen LogP contribution in [0.3, 0.4) is 0 Å². The van der Waals surface area contributed by atoms with E-state index in [9.17, 15) is 8.78 Å². The Hall–Kier alpha value is -2.27. The Labute approximate surface area is 118 Å². The van der Waals surface area contributed by atoms with Gasteiger partial charge in [0.25, 0.3) is 0 Å². The van der Waals surface area contributed by atoms with Gasteiger partial charge in [0.15, 0.2) is 11.6 Å². The van der Waals surface area contributed by atoms with Gasteiger partial charge in [-0.1, -0.05) is 0 Å². The molecule has 0 bridgehead atoms. The van der Waals surface area contributed by atoms with Crippen LogP contribution in [0.25, 0.3) is 21.8 Å². The molecule has 2 aromatic carbocycles. The Morgan fingerprint density at radius 3 is 2.30 bits per heavy atom. The molecular weight excluding hydrogens is 278 g/mol. The average molecular weight is 288 g/mol. The van der Waals surface area contributed by atoms with Gasteiger partial charge >= 0.3 is 0 Å². The zero-order chi connectivity index (χ0) is 14.1. The second-order valence-corrected chi connectivity index (χ2v) is 5.15. The molecule has 0 aliphatic heterocycles. The predicted molar refractivity (Wildman–Crippen MR) is 77.3 cm³/mol. The molecule has 2 nitrogen and oxygen atoms in total. The van der Waals surface area contributed by atoms with Gasteiger partial charge in [0.2, 0.25) is 0 Å². The summed E-state index contributed by atoms with van der Waals surface area (Å²) in [7, 11) is 0. The molecule has 0 unspecified atom stereocenters. The number of halogens is 2. The van der Waals surface area contributed by atoms with Crippen molar-refractivity contribution in [2.24, 2.45) is 0 Å². The van der Waals surface area contributed by atoms with Crippen molar-refractivity contribution in [2.75, 3.05) is 5.73 Å². The van der Waals surface area contributed by atoms with Crippen LogP contribution in [0.2, 0.25) is 0 Å². The molecule has 3 aromatic rings. The van der Waals surface area contributed by atoms with Crippen LogP contribution in [0, 0.1) is 11.6 Å². The minimum atomic E-state index is -0.871. The molecule has 3 rings (SSSR count). The Balaban J connectivity index is 1.97. The summed E-state index contributed by atoms with van der Waals surface area (Å²) in [5, 5.41) is 2.63. The summed E-state index contributed by atoms with van der Waals surface area (Å²) in [6.07, 6.45) is 0. The summed E-state index contributed by atoms with van der Waals surface area (Å²) in [5.74, 6) is -1.73. The number of hydrogen-bond donors (Lipinski definition) is 1. The number of anilines is 1. The smallest absolute Gasteiger partial charge is 0.159 e. The lowest BCUT2D eigenvalue weighted by molar-refractivity contribution is 0.509. The topological polar surface area (TPSA) is 38.9 Å². The number of thiazole rings is 1. The van der Waals surface area contributed by atoms with Crippen molar-refractivity contribution in [2.45, 2.75) is 0 Å². The first kappa shape index (κ1) is 12.7. The van der Waals surface area contributed by atoms with Gasteiger partial charge in [0.05, 0.1) is 5.69 Å². The molecule has 0 amide bonds. The lowest BCUT2D eigenvalue weighted by Crippen LogP contribution is -1.86. The normalized spacial score (nSPS) is 10.7. The highest BCUT2D eigenvalue weighted by atomic mass is 32.1. The minimum Gasteiger partial charge on any atom is -0.399 e. The maximum Gasteiger partial charge on any atom is 0.159 e. The van der Waals surface area contributed by atoms with Crippen molar-refractivity contribution < 1.29 is 8.78 Å². The van der Waals surface area contributed by atoms with E-state index in [2.05, 4.69) is 4.98 Å². The second kappa shape index (κ2) is 5.02. The van der Waals surface area contributed by atoms with Crippen molar-refractivity contribution in [1.29, 1.82) is 0 Å². The van der Waals surface area contributed by atoms with E-state index in [1.807, 2.05) is 17.5 Å². The quantitative estimate of drug-likeness (QED) is 0.712. The molecule has 100 valence electrons. The van der Waals surface area contributed by atoms with Gasteiger partial charge in [0.1, 0.15) is 5.01 Å². The molecule has 0 atom stereocenters. The maximum atomic E-state index is 13.2. The van der Waals surface area contributed by atoms with E-state index in [0.717, 1.165) is 22.7 Å². The maximum absolute atomic E-state index is 13.2. The molecule has 0 saturated heterocycles. The number of hydrogen-bond acceptors (Lipinski definition) is 3. The summed E-state index contributed by atoms with van der Waals surface area (Å²) in [4.78, 5) is 4.44. The molecule has 0 saturated carbocycles. The molecule has 0 fully saturated rings. The highest BCUT2D eigenvalue weighted by molar-refractivity contribution is 7.13. The number of rotatable bonds is 2. The molecule has 5 heteroatoms. The van der Waals surface area contributed by atoms with E-state index in [1.54, 1.807) is 12.1 Å². The highest BCUT2D eigenvalue weighted by Gasteiger charge is 2.09. The van der Waals surface area contributed by atoms with Gasteiger partial charge in [-0.3, -0.25) is 0 Å². The lowest BCUT2D eigenvalue weighted by Gasteiger charge is -1.99. The number of aromatic nitrogens is 1. The first-order chi connectivity index (χ1) is 9.63. The highest BCUT2D eigenvalue weighted by Crippen LogP contribution is 2.29. The zero-order valence-electron chi connectivity index (χ0n) is 10.3. The van der Waals surface area contributed by atoms with E-state index < -0.39 is 11.6 Å². The Morgan fingerprint density at radius 1 is 0.900 bits per heavy atom. The van der Waals surface area contributed by atoms with Crippen molar-refractivity contribution in [3.05, 3.63) is 59.5 Å². The van der Waals surface area contributed by atoms with Crippen molar-refractivity contribution in [3.63, 3.8) is 0 Å². The molecule has 0 aliphatic carbocycles. The van der Waals surface area contributed by atoms with Crippen LogP contribution >= 0.6 is 11.3 Å². The van der Waals surface area contributed by atoms with E-state index >= 15 is 0 Å². The molecule has 0 spiro atoms. The fourth-order valence-corrected chi connectivity index (χ4v) is 2.66. The van der Waals surface area contributed by atoms with Crippen molar-refractivity contribution in [1.82, 2.24) is 4.98 Å². The molecule has 2 N–H and O–H groups in total. The summed E-state index contributed by atoms with van der Waals surface area (Å²) in [5.41, 5.74) is 8.45. The summed E-state index contributed by atoms with van der Waals surface area (Å²) >= 11 is 1.45. The predicted octanol–water partition coefficient (Wildman–Crippen LogP) is 4.34. The SMILES string of the molecule is Nc1ccc(-c2nc(-c3ccc(F)c(F)c3)cs2)cc1. The molecule has 0 aliphatic rings. The van der Waals surface area contributed by atoms with E-state index in [0.29, 0.717) is 16.9 Å². The van der Waals surface area contributed by atoms with Crippen molar-refractivity contribution >= 4 is 17.0 Å². The molecule has 20 heavy (non-hydrogen) atoms. The largest absolute Gasteiger partial charge is 0.399 e. The van der Waals surface area contributed by atoms with Crippen LogP contribution < -0.4 is 5.73 Å². The second-order valence-electron chi connectivity index (χ2n) is 4.29. The Morgan fingerprint density at radius 2 is 1.60 bits per heavy atom. The summed E-state index contributed by atoms with van der Waals surface area (Å²) < 4.78 is 26.1. The first-order valence-corrected chi connectivity index (χ1v) is 6.78. The zero-order valence-corrected chi connectivity index (χ0v) is 11.1. The number of nitrogens with zero attached hydrogens (tertiary/aromatic N) is 1. The molecule has 1 heterocycles. The van der Waals surface area contributed by atoms with Gasteiger partial charge in [-0.2, -0.15) is 0 Å². The fourth-order valence-electron chi connectivity index (χ4n) is 1.82. The number of nitrogen functional groups attached to an aromatic ring is 1. The average Bonchev–Trinajstić information content (AvgIpc) is 2.92. The van der Waals surface area contributed by atoms with Gasteiger partial charge in [0, 0.05) is 22.2 Å². The number of benzene rings is 2. The molecule has 0 radical (unpaired) electrons. The van der Waals surface area contributed by atoms with Crippen molar-refractivity contribution in [3.8, 4) is 21.8 Å². The van der Waals surface area contributed by atoms with Crippen LogP contribution in [0.15, 0.2) is 47.8 Å². The first-order valence-electron chi connectivity index (χ1n) is 5.90. The third-order valence-corrected chi connectivity index (χ3v) is 3.77. The van der Waals surface area contributed by atoms with Crippen LogP contribution in [0.4, 0.5) is 14.5 Å². The lowest BCUT2D eigenvalue weighted by atomic mass is 10.1.